The summed E-state index contributed by atoms with van der Waals surface area (Å²) >= 11 is 5.76. The second kappa shape index (κ2) is 7.66. The first kappa shape index (κ1) is 17.4. The lowest BCUT2D eigenvalue weighted by atomic mass is 9.96. The van der Waals surface area contributed by atoms with E-state index in [2.05, 4.69) is 5.32 Å². The zero-order chi connectivity index (χ0) is 17.8. The van der Waals surface area contributed by atoms with Crippen LogP contribution in [-0.2, 0) is 27.4 Å². The topological polar surface area (TPSA) is 55.4 Å². The van der Waals surface area contributed by atoms with Gasteiger partial charge in [0.2, 0.25) is 5.91 Å². The summed E-state index contributed by atoms with van der Waals surface area (Å²) in [7, 11) is 0. The predicted octanol–water partition coefficient (Wildman–Crippen LogP) is 3.27. The monoisotopic (exact) mass is 361 g/mol. The molecule has 4 nitrogen and oxygen atoms in total. The number of rotatable bonds is 5. The molecule has 2 aromatic carbocycles. The minimum Gasteiger partial charge on any atom is -0.459 e. The van der Waals surface area contributed by atoms with Gasteiger partial charge in [0, 0.05) is 5.92 Å². The van der Waals surface area contributed by atoms with Gasteiger partial charge in [0.05, 0.1) is 5.02 Å². The van der Waals surface area contributed by atoms with E-state index in [0.29, 0.717) is 12.8 Å². The van der Waals surface area contributed by atoms with Crippen molar-refractivity contribution in [3.8, 4) is 0 Å². The maximum Gasteiger partial charge on any atom is 0.328 e. The van der Waals surface area contributed by atoms with Crippen LogP contribution < -0.4 is 5.32 Å². The highest BCUT2D eigenvalue weighted by molar-refractivity contribution is 6.30. The number of benzene rings is 2. The predicted molar refractivity (Wildman–Crippen MR) is 91.4 cm³/mol. The van der Waals surface area contributed by atoms with Crippen LogP contribution in [0, 0.1) is 11.7 Å². The van der Waals surface area contributed by atoms with E-state index >= 15 is 0 Å². The van der Waals surface area contributed by atoms with Gasteiger partial charge in [-0.2, -0.15) is 0 Å². The van der Waals surface area contributed by atoms with Gasteiger partial charge in [0.25, 0.3) is 0 Å². The number of amides is 1. The second-order valence-electron chi connectivity index (χ2n) is 6.04. The molecule has 0 aliphatic carbocycles. The van der Waals surface area contributed by atoms with Gasteiger partial charge in [0.1, 0.15) is 18.5 Å². The Labute approximate surface area is 149 Å². The molecule has 1 saturated heterocycles. The average molecular weight is 362 g/mol. The summed E-state index contributed by atoms with van der Waals surface area (Å²) < 4.78 is 18.5. The molecule has 0 aromatic heterocycles. The molecule has 6 heteroatoms. The van der Waals surface area contributed by atoms with Crippen LogP contribution in [0.25, 0.3) is 0 Å². The van der Waals surface area contributed by atoms with Crippen molar-refractivity contribution < 1.29 is 18.7 Å². The molecular weight excluding hydrogens is 345 g/mol. The summed E-state index contributed by atoms with van der Waals surface area (Å²) in [6, 6.07) is 13.1. The largest absolute Gasteiger partial charge is 0.459 e. The van der Waals surface area contributed by atoms with Gasteiger partial charge in [-0.25, -0.2) is 9.18 Å². The summed E-state index contributed by atoms with van der Waals surface area (Å²) in [5.41, 5.74) is 1.64. The van der Waals surface area contributed by atoms with Gasteiger partial charge < -0.3 is 10.1 Å². The number of carbonyl (C=O) groups excluding carboxylic acids is 2. The normalized spacial score (nSPS) is 19.5. The van der Waals surface area contributed by atoms with E-state index in [1.54, 1.807) is 6.07 Å². The fourth-order valence-corrected chi connectivity index (χ4v) is 3.05. The third kappa shape index (κ3) is 4.37. The van der Waals surface area contributed by atoms with Gasteiger partial charge in [0.15, 0.2) is 0 Å². The molecule has 0 spiro atoms. The van der Waals surface area contributed by atoms with Crippen LogP contribution in [0.5, 0.6) is 0 Å². The molecule has 0 saturated carbocycles. The lowest BCUT2D eigenvalue weighted by molar-refractivity contribution is -0.147. The third-order valence-electron chi connectivity index (χ3n) is 4.18. The zero-order valence-electron chi connectivity index (χ0n) is 13.4. The summed E-state index contributed by atoms with van der Waals surface area (Å²) in [6.45, 7) is 0.171. The lowest BCUT2D eigenvalue weighted by Crippen LogP contribution is -2.34. The lowest BCUT2D eigenvalue weighted by Gasteiger charge is -2.10. The van der Waals surface area contributed by atoms with Crippen molar-refractivity contribution in [2.45, 2.75) is 25.5 Å². The minimum atomic E-state index is -0.655. The van der Waals surface area contributed by atoms with E-state index in [1.807, 2.05) is 30.3 Å². The fourth-order valence-electron chi connectivity index (χ4n) is 2.85. The molecule has 1 aliphatic heterocycles. The Morgan fingerprint density at radius 3 is 2.68 bits per heavy atom. The van der Waals surface area contributed by atoms with E-state index in [1.165, 1.54) is 12.1 Å². The van der Waals surface area contributed by atoms with Gasteiger partial charge in [-0.05, 0) is 36.1 Å². The fraction of sp³-hybridized carbons (Fsp3) is 0.263. The number of halogens is 2. The van der Waals surface area contributed by atoms with Crippen LogP contribution in [0.2, 0.25) is 5.02 Å². The van der Waals surface area contributed by atoms with E-state index in [0.717, 1.165) is 11.1 Å². The van der Waals surface area contributed by atoms with Crippen LogP contribution in [0.4, 0.5) is 4.39 Å². The Morgan fingerprint density at radius 1 is 1.20 bits per heavy atom. The zero-order valence-corrected chi connectivity index (χ0v) is 14.1. The van der Waals surface area contributed by atoms with Crippen molar-refractivity contribution in [1.29, 1.82) is 0 Å². The molecule has 3 rings (SSSR count). The third-order valence-corrected chi connectivity index (χ3v) is 4.47. The van der Waals surface area contributed by atoms with Crippen LogP contribution in [-0.4, -0.2) is 17.9 Å². The van der Waals surface area contributed by atoms with E-state index < -0.39 is 17.8 Å². The summed E-state index contributed by atoms with van der Waals surface area (Å²) in [4.78, 5) is 24.2. The molecule has 25 heavy (non-hydrogen) atoms. The van der Waals surface area contributed by atoms with Crippen LogP contribution >= 0.6 is 11.6 Å². The first-order chi connectivity index (χ1) is 12.0. The summed E-state index contributed by atoms with van der Waals surface area (Å²) in [6.07, 6.45) is 0.746. The highest BCUT2D eigenvalue weighted by Crippen LogP contribution is 2.24. The van der Waals surface area contributed by atoms with Crippen LogP contribution in [0.15, 0.2) is 48.5 Å². The van der Waals surface area contributed by atoms with Gasteiger partial charge in [-0.1, -0.05) is 48.0 Å². The first-order valence-corrected chi connectivity index (χ1v) is 8.35. The minimum absolute atomic E-state index is 0.0229. The number of nitrogens with one attached hydrogen (secondary N) is 1. The quantitative estimate of drug-likeness (QED) is 0.831. The SMILES string of the molecule is O=C1N[C@@H](C(=O)OCc2ccccc2)C[C@@H]1Cc1ccc(F)c(Cl)c1. The summed E-state index contributed by atoms with van der Waals surface area (Å²) in [5.74, 6) is -1.52. The molecule has 2 atom stereocenters. The Morgan fingerprint density at radius 2 is 1.96 bits per heavy atom. The second-order valence-corrected chi connectivity index (χ2v) is 6.45. The molecular formula is C19H17ClFNO3. The highest BCUT2D eigenvalue weighted by Gasteiger charge is 2.36. The first-order valence-electron chi connectivity index (χ1n) is 7.98. The summed E-state index contributed by atoms with van der Waals surface area (Å²) in [5, 5.41) is 2.69. The number of hydrogen-bond acceptors (Lipinski definition) is 3. The highest BCUT2D eigenvalue weighted by atomic mass is 35.5. The number of hydrogen-bond donors (Lipinski definition) is 1. The van der Waals surface area contributed by atoms with Crippen molar-refractivity contribution in [3.63, 3.8) is 0 Å². The van der Waals surface area contributed by atoms with Crippen LogP contribution in [0.3, 0.4) is 0 Å². The Balaban J connectivity index is 1.56. The molecule has 130 valence electrons. The van der Waals surface area contributed by atoms with Crippen molar-refractivity contribution in [3.05, 3.63) is 70.5 Å². The van der Waals surface area contributed by atoms with E-state index in [9.17, 15) is 14.0 Å². The number of ether oxygens (including phenoxy) is 1. The van der Waals surface area contributed by atoms with Crippen molar-refractivity contribution >= 4 is 23.5 Å². The van der Waals surface area contributed by atoms with Gasteiger partial charge >= 0.3 is 5.97 Å². The van der Waals surface area contributed by atoms with Crippen molar-refractivity contribution in [2.24, 2.45) is 5.92 Å². The van der Waals surface area contributed by atoms with Gasteiger partial charge in [-0.15, -0.1) is 0 Å². The maximum absolute atomic E-state index is 13.2. The Hall–Kier alpha value is -2.40. The molecule has 1 N–H and O–H groups in total. The molecule has 1 amide bonds. The van der Waals surface area contributed by atoms with Gasteiger partial charge in [-0.3, -0.25) is 4.79 Å². The van der Waals surface area contributed by atoms with Crippen molar-refractivity contribution in [1.82, 2.24) is 5.32 Å². The maximum atomic E-state index is 13.2. The number of carbonyl (C=O) groups is 2. The molecule has 1 fully saturated rings. The van der Waals surface area contributed by atoms with Crippen LogP contribution in [0.1, 0.15) is 17.5 Å². The smallest absolute Gasteiger partial charge is 0.328 e. The van der Waals surface area contributed by atoms with Crippen molar-refractivity contribution in [2.75, 3.05) is 0 Å². The average Bonchev–Trinajstić information content (AvgIpc) is 2.98. The number of esters is 1. The molecule has 1 aliphatic rings. The molecule has 2 aromatic rings. The standard InChI is InChI=1S/C19H17ClFNO3/c20-15-9-13(6-7-16(15)21)8-14-10-17(22-18(14)23)19(24)25-11-12-4-2-1-3-5-12/h1-7,9,14,17H,8,10-11H2,(H,22,23)/t14-,17+/m0/s1. The van der Waals surface area contributed by atoms with E-state index in [-0.39, 0.29) is 23.5 Å². The van der Waals surface area contributed by atoms with E-state index in [4.69, 9.17) is 16.3 Å². The molecule has 1 heterocycles. The molecule has 0 radical (unpaired) electrons. The molecule has 0 bridgehead atoms. The Kier molecular flexibility index (Phi) is 5.34. The molecule has 0 unspecified atom stereocenters. The Bertz CT molecular complexity index is 781.